The molecule has 1 aliphatic rings. The predicted octanol–water partition coefficient (Wildman–Crippen LogP) is -0.118. The fourth-order valence-electron chi connectivity index (χ4n) is 3.00. The molecule has 1 N–H and O–H groups in total. The third-order valence-corrected chi connectivity index (χ3v) is 6.26. The van der Waals surface area contributed by atoms with Gasteiger partial charge in [-0.1, -0.05) is 30.3 Å². The summed E-state index contributed by atoms with van der Waals surface area (Å²) in [7, 11) is -3.05. The molecule has 1 unspecified atom stereocenters. The predicted molar refractivity (Wildman–Crippen MR) is 105 cm³/mol. The van der Waals surface area contributed by atoms with Crippen LogP contribution >= 0.6 is 0 Å². The zero-order valence-corrected chi connectivity index (χ0v) is 17.0. The molecule has 1 fully saturated rings. The first-order valence-electron chi connectivity index (χ1n) is 9.46. The Morgan fingerprint density at radius 1 is 1.17 bits per heavy atom. The van der Waals surface area contributed by atoms with Gasteiger partial charge in [-0.05, 0) is 18.6 Å². The molecule has 1 aromatic carbocycles. The van der Waals surface area contributed by atoms with Gasteiger partial charge in [0.2, 0.25) is 17.6 Å². The summed E-state index contributed by atoms with van der Waals surface area (Å²) in [5.74, 6) is -0.0553. The normalized spacial score (nSPS) is 16.9. The van der Waals surface area contributed by atoms with Gasteiger partial charge in [-0.3, -0.25) is 9.59 Å². The minimum absolute atomic E-state index is 0.0325. The molecule has 3 rings (SSSR count). The van der Waals surface area contributed by atoms with E-state index in [1.165, 1.54) is 9.70 Å². The van der Waals surface area contributed by atoms with Crippen LogP contribution in [-0.2, 0) is 26.0 Å². The maximum absolute atomic E-state index is 12.4. The van der Waals surface area contributed by atoms with Crippen molar-refractivity contribution in [2.24, 2.45) is 0 Å². The van der Waals surface area contributed by atoms with Gasteiger partial charge >= 0.3 is 0 Å². The lowest BCUT2D eigenvalue weighted by molar-refractivity contribution is -0.135. The SMILES string of the molecule is CC(NC(=O)CCCn1nnc(-c2ccccc2)n1)C(=O)N1CCS(=O)(=O)CC1. The third kappa shape index (κ3) is 5.83. The molecule has 0 aliphatic carbocycles. The second-order valence-electron chi connectivity index (χ2n) is 6.94. The smallest absolute Gasteiger partial charge is 0.244 e. The second-order valence-corrected chi connectivity index (χ2v) is 9.25. The largest absolute Gasteiger partial charge is 0.345 e. The summed E-state index contributed by atoms with van der Waals surface area (Å²) >= 11 is 0. The number of hydrogen-bond acceptors (Lipinski definition) is 7. The highest BCUT2D eigenvalue weighted by atomic mass is 32.2. The number of carbonyl (C=O) groups is 2. The lowest BCUT2D eigenvalue weighted by Crippen LogP contribution is -2.51. The molecule has 2 aromatic rings. The molecule has 0 bridgehead atoms. The van der Waals surface area contributed by atoms with Crippen molar-refractivity contribution in [1.82, 2.24) is 30.4 Å². The maximum Gasteiger partial charge on any atom is 0.244 e. The quantitative estimate of drug-likeness (QED) is 0.661. The Balaban J connectivity index is 1.41. The average Bonchev–Trinajstić information content (AvgIpc) is 3.17. The van der Waals surface area contributed by atoms with Gasteiger partial charge in [0.25, 0.3) is 0 Å². The molecule has 29 heavy (non-hydrogen) atoms. The van der Waals surface area contributed by atoms with Gasteiger partial charge in [0.1, 0.15) is 6.04 Å². The van der Waals surface area contributed by atoms with E-state index in [1.54, 1.807) is 6.92 Å². The van der Waals surface area contributed by atoms with E-state index in [2.05, 4.69) is 20.7 Å². The van der Waals surface area contributed by atoms with Crippen LogP contribution < -0.4 is 5.32 Å². The van der Waals surface area contributed by atoms with Crippen LogP contribution in [-0.4, -0.2) is 76.0 Å². The summed E-state index contributed by atoms with van der Waals surface area (Å²) in [6.07, 6.45) is 0.716. The molecular formula is C18H24N6O4S. The van der Waals surface area contributed by atoms with Crippen LogP contribution in [0.1, 0.15) is 19.8 Å². The summed E-state index contributed by atoms with van der Waals surface area (Å²) in [6.45, 7) is 2.38. The fourth-order valence-corrected chi connectivity index (χ4v) is 4.21. The maximum atomic E-state index is 12.4. The molecule has 0 saturated carbocycles. The number of tetrazole rings is 1. The Hall–Kier alpha value is -2.82. The molecule has 1 aromatic heterocycles. The first-order chi connectivity index (χ1) is 13.8. The molecule has 1 saturated heterocycles. The number of sulfone groups is 1. The Morgan fingerprint density at radius 3 is 2.55 bits per heavy atom. The molecule has 1 atom stereocenters. The monoisotopic (exact) mass is 420 g/mol. The van der Waals surface area contributed by atoms with E-state index in [-0.39, 0.29) is 42.8 Å². The molecular weight excluding hydrogens is 396 g/mol. The van der Waals surface area contributed by atoms with Crippen molar-refractivity contribution in [1.29, 1.82) is 0 Å². The lowest BCUT2D eigenvalue weighted by atomic mass is 10.2. The minimum Gasteiger partial charge on any atom is -0.345 e. The molecule has 0 radical (unpaired) electrons. The van der Waals surface area contributed by atoms with Crippen LogP contribution in [0.4, 0.5) is 0 Å². The number of amides is 2. The summed E-state index contributed by atoms with van der Waals surface area (Å²) in [4.78, 5) is 27.4. The van der Waals surface area contributed by atoms with Crippen molar-refractivity contribution >= 4 is 21.7 Å². The topological polar surface area (TPSA) is 127 Å². The van der Waals surface area contributed by atoms with Crippen molar-refractivity contribution in [2.45, 2.75) is 32.4 Å². The number of nitrogens with zero attached hydrogens (tertiary/aromatic N) is 5. The fraction of sp³-hybridized carbons (Fsp3) is 0.500. The molecule has 1 aliphatic heterocycles. The van der Waals surface area contributed by atoms with Crippen molar-refractivity contribution in [2.75, 3.05) is 24.6 Å². The highest BCUT2D eigenvalue weighted by molar-refractivity contribution is 7.91. The summed E-state index contributed by atoms with van der Waals surface area (Å²) in [5, 5.41) is 15.0. The number of rotatable bonds is 7. The average molecular weight is 420 g/mol. The number of aryl methyl sites for hydroxylation is 1. The van der Waals surface area contributed by atoms with E-state index in [4.69, 9.17) is 0 Å². The second kappa shape index (κ2) is 9.12. The van der Waals surface area contributed by atoms with Crippen molar-refractivity contribution in [3.8, 4) is 11.4 Å². The molecule has 2 amide bonds. The lowest BCUT2D eigenvalue weighted by Gasteiger charge is -2.29. The van der Waals surface area contributed by atoms with Crippen molar-refractivity contribution in [3.63, 3.8) is 0 Å². The van der Waals surface area contributed by atoms with Gasteiger partial charge in [0, 0.05) is 25.1 Å². The number of hydrogen-bond donors (Lipinski definition) is 1. The zero-order valence-electron chi connectivity index (χ0n) is 16.2. The zero-order chi connectivity index (χ0) is 20.9. The molecule has 156 valence electrons. The summed E-state index contributed by atoms with van der Waals surface area (Å²) in [5.41, 5.74) is 0.870. The third-order valence-electron chi connectivity index (χ3n) is 4.65. The molecule has 0 spiro atoms. The van der Waals surface area contributed by atoms with E-state index >= 15 is 0 Å². The number of benzene rings is 1. The van der Waals surface area contributed by atoms with Gasteiger partial charge in [0.15, 0.2) is 9.84 Å². The molecule has 10 nitrogen and oxygen atoms in total. The Bertz CT molecular complexity index is 946. The first kappa shape index (κ1) is 20.9. The van der Waals surface area contributed by atoms with Gasteiger partial charge in [-0.2, -0.15) is 4.80 Å². The standard InChI is InChI=1S/C18H24N6O4S/c1-14(18(26)23-10-12-29(27,28)13-11-23)19-16(25)8-5-9-24-21-17(20-22-24)15-6-3-2-4-7-15/h2-4,6-7,14H,5,8-13H2,1H3,(H,19,25). The van der Waals surface area contributed by atoms with Crippen molar-refractivity contribution in [3.05, 3.63) is 30.3 Å². The molecule has 2 heterocycles. The summed E-state index contributed by atoms with van der Waals surface area (Å²) in [6, 6.07) is 8.79. The Labute approximate surface area is 169 Å². The Kier molecular flexibility index (Phi) is 6.57. The van der Waals surface area contributed by atoms with Crippen LogP contribution in [0, 0.1) is 0 Å². The van der Waals surface area contributed by atoms with E-state index in [1.807, 2.05) is 30.3 Å². The number of aromatic nitrogens is 4. The van der Waals surface area contributed by atoms with Crippen LogP contribution in [0.15, 0.2) is 30.3 Å². The van der Waals surface area contributed by atoms with Gasteiger partial charge in [-0.25, -0.2) is 8.42 Å². The highest BCUT2D eigenvalue weighted by Crippen LogP contribution is 2.12. The van der Waals surface area contributed by atoms with Crippen LogP contribution in [0.5, 0.6) is 0 Å². The minimum atomic E-state index is -3.05. The van der Waals surface area contributed by atoms with E-state index in [9.17, 15) is 18.0 Å². The van der Waals surface area contributed by atoms with Crippen LogP contribution in [0.25, 0.3) is 11.4 Å². The van der Waals surface area contributed by atoms with E-state index in [0.717, 1.165) is 5.56 Å². The Morgan fingerprint density at radius 2 is 1.86 bits per heavy atom. The van der Waals surface area contributed by atoms with Crippen LogP contribution in [0.2, 0.25) is 0 Å². The van der Waals surface area contributed by atoms with Gasteiger partial charge in [-0.15, -0.1) is 10.2 Å². The number of nitrogens with one attached hydrogen (secondary N) is 1. The van der Waals surface area contributed by atoms with E-state index < -0.39 is 15.9 Å². The number of carbonyl (C=O) groups excluding carboxylic acids is 2. The molecule has 11 heteroatoms. The first-order valence-corrected chi connectivity index (χ1v) is 11.3. The summed E-state index contributed by atoms with van der Waals surface area (Å²) < 4.78 is 22.9. The van der Waals surface area contributed by atoms with Gasteiger partial charge in [0.05, 0.1) is 18.1 Å². The van der Waals surface area contributed by atoms with Crippen LogP contribution in [0.3, 0.4) is 0 Å². The van der Waals surface area contributed by atoms with Crippen molar-refractivity contribution < 1.29 is 18.0 Å². The highest BCUT2D eigenvalue weighted by Gasteiger charge is 2.28. The van der Waals surface area contributed by atoms with Gasteiger partial charge < -0.3 is 10.2 Å². The van der Waals surface area contributed by atoms with E-state index in [0.29, 0.717) is 18.8 Å².